The van der Waals surface area contributed by atoms with Crippen LogP contribution in [0.1, 0.15) is 5.56 Å². The lowest BCUT2D eigenvalue weighted by molar-refractivity contribution is 0.671. The van der Waals surface area contributed by atoms with E-state index >= 15 is 0 Å². The van der Waals surface area contributed by atoms with Crippen molar-refractivity contribution in [3.63, 3.8) is 0 Å². The molecule has 0 saturated carbocycles. The predicted molar refractivity (Wildman–Crippen MR) is 193 cm³/mol. The summed E-state index contributed by atoms with van der Waals surface area (Å²) >= 11 is 0. The second kappa shape index (κ2) is 9.71. The Morgan fingerprint density at radius 2 is 1.04 bits per heavy atom. The number of fused-ring (bicyclic) bond motifs is 10. The van der Waals surface area contributed by atoms with Gasteiger partial charge in [0.25, 0.3) is 0 Å². The Bertz CT molecular complexity index is 2860. The van der Waals surface area contributed by atoms with E-state index in [-0.39, 0.29) is 0 Å². The average Bonchev–Trinajstić information content (AvgIpc) is 3.79. The molecule has 3 heterocycles. The van der Waals surface area contributed by atoms with Gasteiger partial charge in [-0.15, -0.1) is 0 Å². The molecule has 4 nitrogen and oxygen atoms in total. The molecule has 0 bridgehead atoms. The van der Waals surface area contributed by atoms with Crippen LogP contribution in [0.4, 0.5) is 0 Å². The molecule has 4 heteroatoms. The lowest BCUT2D eigenvalue weighted by Crippen LogP contribution is -2.01. The van der Waals surface area contributed by atoms with Gasteiger partial charge in [-0.2, -0.15) is 5.26 Å². The summed E-state index contributed by atoms with van der Waals surface area (Å²) in [6.45, 7) is 0. The van der Waals surface area contributed by atoms with Gasteiger partial charge < -0.3 is 13.6 Å². The van der Waals surface area contributed by atoms with Gasteiger partial charge in [0.2, 0.25) is 0 Å². The highest BCUT2D eigenvalue weighted by molar-refractivity contribution is 6.21. The normalized spacial score (nSPS) is 11.8. The van der Waals surface area contributed by atoms with Crippen LogP contribution >= 0.6 is 0 Å². The molecular weight excluding hydrogens is 574 g/mol. The lowest BCUT2D eigenvalue weighted by Gasteiger charge is -2.16. The maximum atomic E-state index is 10.5. The Balaban J connectivity index is 1.25. The molecule has 0 atom stereocenters. The third-order valence-electron chi connectivity index (χ3n) is 9.58. The van der Waals surface area contributed by atoms with Crippen molar-refractivity contribution < 1.29 is 4.42 Å². The van der Waals surface area contributed by atoms with Gasteiger partial charge in [-0.3, -0.25) is 0 Å². The summed E-state index contributed by atoms with van der Waals surface area (Å²) in [5.41, 5.74) is 10.6. The van der Waals surface area contributed by atoms with Gasteiger partial charge in [-0.05, 0) is 54.1 Å². The Morgan fingerprint density at radius 1 is 0.468 bits per heavy atom. The predicted octanol–water partition coefficient (Wildman–Crippen LogP) is 11.3. The molecular formula is C43H25N3O. The zero-order valence-electron chi connectivity index (χ0n) is 25.2. The van der Waals surface area contributed by atoms with E-state index in [9.17, 15) is 5.26 Å². The first kappa shape index (κ1) is 25.7. The molecule has 3 aromatic heterocycles. The fourth-order valence-electron chi connectivity index (χ4n) is 7.56. The number of hydrogen-bond acceptors (Lipinski definition) is 2. The van der Waals surface area contributed by atoms with Crippen LogP contribution in [0.3, 0.4) is 0 Å². The van der Waals surface area contributed by atoms with Gasteiger partial charge in [0.1, 0.15) is 11.7 Å². The molecule has 0 spiro atoms. The molecule has 218 valence electrons. The number of nitrogens with zero attached hydrogens (tertiary/aromatic N) is 3. The Labute approximate surface area is 269 Å². The minimum absolute atomic E-state index is 0.602. The van der Waals surface area contributed by atoms with Gasteiger partial charge in [0.05, 0.1) is 33.3 Å². The molecule has 7 aromatic carbocycles. The Hall–Kier alpha value is -6.57. The molecule has 0 amide bonds. The van der Waals surface area contributed by atoms with E-state index in [1.807, 2.05) is 30.3 Å². The number of rotatable bonds is 3. The summed E-state index contributed by atoms with van der Waals surface area (Å²) in [4.78, 5) is 0. The first-order valence-electron chi connectivity index (χ1n) is 15.8. The monoisotopic (exact) mass is 599 g/mol. The number of furan rings is 1. The van der Waals surface area contributed by atoms with Crippen LogP contribution in [0.5, 0.6) is 0 Å². The van der Waals surface area contributed by atoms with E-state index in [0.717, 1.165) is 66.2 Å². The molecule has 0 saturated heterocycles. The largest absolute Gasteiger partial charge is 0.454 e. The third-order valence-corrected chi connectivity index (χ3v) is 9.58. The maximum absolute atomic E-state index is 10.5. The average molecular weight is 600 g/mol. The third kappa shape index (κ3) is 3.57. The fraction of sp³-hybridized carbons (Fsp3) is 0. The summed E-state index contributed by atoms with van der Waals surface area (Å²) in [5, 5.41) is 17.4. The summed E-state index contributed by atoms with van der Waals surface area (Å²) in [6, 6.07) is 55.3. The van der Waals surface area contributed by atoms with Crippen LogP contribution < -0.4 is 0 Å². The molecule has 0 aliphatic carbocycles. The van der Waals surface area contributed by atoms with E-state index in [2.05, 4.69) is 137 Å². The molecule has 0 aliphatic rings. The van der Waals surface area contributed by atoms with Gasteiger partial charge in [-0.25, -0.2) is 0 Å². The summed E-state index contributed by atoms with van der Waals surface area (Å²) in [6.07, 6.45) is 0. The first-order chi connectivity index (χ1) is 23.3. The van der Waals surface area contributed by atoms with Gasteiger partial charge >= 0.3 is 0 Å². The van der Waals surface area contributed by atoms with Crippen LogP contribution in [0.25, 0.3) is 88.1 Å². The van der Waals surface area contributed by atoms with Crippen molar-refractivity contribution in [3.05, 3.63) is 157 Å². The fourth-order valence-corrected chi connectivity index (χ4v) is 7.56. The maximum Gasteiger partial charge on any atom is 0.160 e. The second-order valence-corrected chi connectivity index (χ2v) is 12.0. The van der Waals surface area contributed by atoms with Crippen LogP contribution in [0.15, 0.2) is 156 Å². The highest BCUT2D eigenvalue weighted by Crippen LogP contribution is 2.43. The summed E-state index contributed by atoms with van der Waals surface area (Å²) < 4.78 is 11.2. The van der Waals surface area contributed by atoms with Crippen molar-refractivity contribution in [2.75, 3.05) is 0 Å². The quantitative estimate of drug-likeness (QED) is 0.203. The smallest absolute Gasteiger partial charge is 0.160 e. The topological polar surface area (TPSA) is 46.8 Å². The van der Waals surface area contributed by atoms with Crippen LogP contribution in [-0.2, 0) is 0 Å². The minimum Gasteiger partial charge on any atom is -0.454 e. The van der Waals surface area contributed by atoms with Gasteiger partial charge in [-0.1, -0.05) is 103 Å². The highest BCUT2D eigenvalue weighted by Gasteiger charge is 2.23. The van der Waals surface area contributed by atoms with E-state index in [4.69, 9.17) is 4.42 Å². The van der Waals surface area contributed by atoms with Crippen LogP contribution in [-0.4, -0.2) is 9.13 Å². The Morgan fingerprint density at radius 3 is 1.72 bits per heavy atom. The molecule has 10 aromatic rings. The first-order valence-corrected chi connectivity index (χ1v) is 15.8. The molecule has 0 N–H and O–H groups in total. The van der Waals surface area contributed by atoms with Crippen molar-refractivity contribution in [2.45, 2.75) is 0 Å². The summed E-state index contributed by atoms with van der Waals surface area (Å²) in [5.74, 6) is 0. The lowest BCUT2D eigenvalue weighted by atomic mass is 9.99. The van der Waals surface area contributed by atoms with Gasteiger partial charge in [0, 0.05) is 43.6 Å². The molecule has 0 unspecified atom stereocenters. The van der Waals surface area contributed by atoms with Gasteiger partial charge in [0.15, 0.2) is 5.58 Å². The second-order valence-electron chi connectivity index (χ2n) is 12.0. The Kier molecular flexibility index (Phi) is 5.32. The number of benzene rings is 7. The van der Waals surface area contributed by atoms with Crippen LogP contribution in [0.2, 0.25) is 0 Å². The number of nitriles is 1. The van der Waals surface area contributed by atoms with Crippen molar-refractivity contribution in [1.29, 1.82) is 5.26 Å². The SMILES string of the molecule is N#Cc1cccc(-c2ccc(-n3c4ccccc4c4ccccc43)cc2)c1-n1c2ccccc2c2ccc3c4ccccc4oc3c21. The zero-order valence-corrected chi connectivity index (χ0v) is 25.2. The zero-order chi connectivity index (χ0) is 31.1. The van der Waals surface area contributed by atoms with Crippen LogP contribution in [0, 0.1) is 11.3 Å². The minimum atomic E-state index is 0.602. The van der Waals surface area contributed by atoms with E-state index in [1.165, 1.54) is 21.8 Å². The summed E-state index contributed by atoms with van der Waals surface area (Å²) in [7, 11) is 0. The number of aromatic nitrogens is 2. The molecule has 0 aliphatic heterocycles. The van der Waals surface area contributed by atoms with Crippen molar-refractivity contribution in [2.24, 2.45) is 0 Å². The van der Waals surface area contributed by atoms with E-state index in [0.29, 0.717) is 5.56 Å². The van der Waals surface area contributed by atoms with Crippen molar-refractivity contribution in [3.8, 4) is 28.6 Å². The number of hydrogen-bond donors (Lipinski definition) is 0. The van der Waals surface area contributed by atoms with Crippen molar-refractivity contribution in [1.82, 2.24) is 9.13 Å². The standard InChI is InChI=1S/C43H25N3O/c44-26-28-10-9-15-30(27-20-22-29(23-21-27)45-37-16-5-1-11-31(37)32-12-2-6-17-38(32)45)41(28)46-39-18-7-3-13-33(39)35-24-25-36-34-14-4-8-19-40(34)47-43(36)42(35)46/h1-25H. The molecule has 10 rings (SSSR count). The molecule has 0 fully saturated rings. The highest BCUT2D eigenvalue weighted by atomic mass is 16.3. The van der Waals surface area contributed by atoms with Crippen molar-refractivity contribution >= 4 is 65.6 Å². The molecule has 0 radical (unpaired) electrons. The van der Waals surface area contributed by atoms with E-state index in [1.54, 1.807) is 0 Å². The van der Waals surface area contributed by atoms with E-state index < -0.39 is 0 Å². The number of para-hydroxylation sites is 5. The molecule has 47 heavy (non-hydrogen) atoms.